The van der Waals surface area contributed by atoms with Crippen molar-refractivity contribution < 1.29 is 15.0 Å². The number of aliphatic hydroxyl groups excluding tert-OH is 1. The van der Waals surface area contributed by atoms with Crippen molar-refractivity contribution in [3.63, 3.8) is 0 Å². The van der Waals surface area contributed by atoms with Crippen molar-refractivity contribution in [2.75, 3.05) is 0 Å². The van der Waals surface area contributed by atoms with Gasteiger partial charge in [-0.15, -0.1) is 0 Å². The molecule has 1 saturated carbocycles. The molecule has 2 aliphatic rings. The molecule has 28 heavy (non-hydrogen) atoms. The predicted molar refractivity (Wildman–Crippen MR) is 111 cm³/mol. The van der Waals surface area contributed by atoms with Crippen LogP contribution in [0, 0.1) is 11.3 Å². The minimum Gasteiger partial charge on any atom is -0.481 e. The lowest BCUT2D eigenvalue weighted by molar-refractivity contribution is -0.171. The Morgan fingerprint density at radius 3 is 2.61 bits per heavy atom. The Balaban J connectivity index is 1.77. The van der Waals surface area contributed by atoms with E-state index in [0.717, 1.165) is 19.3 Å². The normalized spacial score (nSPS) is 32.3. The molecule has 4 atom stereocenters. The number of fused-ring (bicyclic) bond motifs is 6. The third kappa shape index (κ3) is 2.02. The lowest BCUT2D eigenvalue weighted by atomic mass is 9.49. The molecule has 0 amide bonds. The van der Waals surface area contributed by atoms with Gasteiger partial charge in [0, 0.05) is 28.9 Å². The largest absolute Gasteiger partial charge is 0.481 e. The molecule has 4 unspecified atom stereocenters. The van der Waals surface area contributed by atoms with E-state index >= 15 is 0 Å². The SMILES string of the molecule is Cn1c2ccccc2c2cc3c(cc21)CCC1C3(C)CCC(O)C1(C)C(=O)O. The smallest absolute Gasteiger partial charge is 0.312 e. The number of benzene rings is 2. The van der Waals surface area contributed by atoms with Crippen molar-refractivity contribution in [2.45, 2.75) is 51.0 Å². The van der Waals surface area contributed by atoms with E-state index in [4.69, 9.17) is 0 Å². The van der Waals surface area contributed by atoms with Gasteiger partial charge in [-0.3, -0.25) is 4.79 Å². The van der Waals surface area contributed by atoms with Crippen LogP contribution >= 0.6 is 0 Å². The van der Waals surface area contributed by atoms with Gasteiger partial charge in [-0.25, -0.2) is 0 Å². The van der Waals surface area contributed by atoms with Gasteiger partial charge < -0.3 is 14.8 Å². The first-order valence-electron chi connectivity index (χ1n) is 10.2. The zero-order chi connectivity index (χ0) is 19.8. The molecule has 0 saturated heterocycles. The summed E-state index contributed by atoms with van der Waals surface area (Å²) in [5.74, 6) is -0.938. The second-order valence-electron chi connectivity index (χ2n) is 9.25. The van der Waals surface area contributed by atoms with Gasteiger partial charge >= 0.3 is 5.97 Å². The molecular formula is C24H27NO3. The average Bonchev–Trinajstić information content (AvgIpc) is 2.96. The number of aliphatic hydroxyl groups is 1. The highest BCUT2D eigenvalue weighted by atomic mass is 16.4. The number of aliphatic carboxylic acids is 1. The predicted octanol–water partition coefficient (Wildman–Crippen LogP) is 4.40. The van der Waals surface area contributed by atoms with Crippen LogP contribution in [-0.4, -0.2) is 26.9 Å². The number of para-hydroxylation sites is 1. The molecule has 4 nitrogen and oxygen atoms in total. The number of aryl methyl sites for hydroxylation is 2. The maximum Gasteiger partial charge on any atom is 0.312 e. The second kappa shape index (κ2) is 5.60. The zero-order valence-electron chi connectivity index (χ0n) is 16.7. The molecule has 1 aromatic heterocycles. The van der Waals surface area contributed by atoms with Crippen molar-refractivity contribution in [1.82, 2.24) is 4.57 Å². The second-order valence-corrected chi connectivity index (χ2v) is 9.25. The number of rotatable bonds is 1. The van der Waals surface area contributed by atoms with Gasteiger partial charge in [0.25, 0.3) is 0 Å². The van der Waals surface area contributed by atoms with Crippen molar-refractivity contribution >= 4 is 27.8 Å². The van der Waals surface area contributed by atoms with Crippen molar-refractivity contribution in [1.29, 1.82) is 0 Å². The van der Waals surface area contributed by atoms with E-state index in [1.165, 1.54) is 32.9 Å². The summed E-state index contributed by atoms with van der Waals surface area (Å²) in [6.45, 7) is 3.98. The molecule has 4 heteroatoms. The number of hydrogen-bond donors (Lipinski definition) is 2. The first-order valence-corrected chi connectivity index (χ1v) is 10.2. The van der Waals surface area contributed by atoms with Crippen LogP contribution in [0.4, 0.5) is 0 Å². The quantitative estimate of drug-likeness (QED) is 0.661. The molecule has 1 heterocycles. The summed E-state index contributed by atoms with van der Waals surface area (Å²) in [7, 11) is 2.11. The summed E-state index contributed by atoms with van der Waals surface area (Å²) >= 11 is 0. The highest BCUT2D eigenvalue weighted by Gasteiger charge is 2.59. The van der Waals surface area contributed by atoms with Crippen molar-refractivity contribution in [3.8, 4) is 0 Å². The third-order valence-electron chi connectivity index (χ3n) is 8.04. The number of carbonyl (C=O) groups is 1. The molecular weight excluding hydrogens is 350 g/mol. The van der Waals surface area contributed by atoms with E-state index in [-0.39, 0.29) is 11.3 Å². The first-order chi connectivity index (χ1) is 13.3. The summed E-state index contributed by atoms with van der Waals surface area (Å²) in [5.41, 5.74) is 3.74. The molecule has 0 bridgehead atoms. The Kier molecular flexibility index (Phi) is 3.55. The Labute approximate surface area is 164 Å². The summed E-state index contributed by atoms with van der Waals surface area (Å²) in [6, 6.07) is 13.1. The zero-order valence-corrected chi connectivity index (χ0v) is 16.7. The van der Waals surface area contributed by atoms with Gasteiger partial charge in [-0.1, -0.05) is 25.1 Å². The minimum absolute atomic E-state index is 0.0684. The Morgan fingerprint density at radius 1 is 1.11 bits per heavy atom. The number of carboxylic acid groups (broad SMARTS) is 1. The molecule has 0 radical (unpaired) electrons. The molecule has 0 spiro atoms. The lowest BCUT2D eigenvalue weighted by Crippen LogP contribution is -2.58. The van der Waals surface area contributed by atoms with Crippen LogP contribution in [0.3, 0.4) is 0 Å². The third-order valence-corrected chi connectivity index (χ3v) is 8.04. The van der Waals surface area contributed by atoms with E-state index in [2.05, 4.69) is 54.9 Å². The summed E-state index contributed by atoms with van der Waals surface area (Å²) in [4.78, 5) is 12.2. The highest BCUT2D eigenvalue weighted by molar-refractivity contribution is 6.08. The lowest BCUT2D eigenvalue weighted by Gasteiger charge is -2.55. The average molecular weight is 377 g/mol. The van der Waals surface area contributed by atoms with E-state index < -0.39 is 17.5 Å². The molecule has 2 aliphatic carbocycles. The maximum absolute atomic E-state index is 12.2. The Hall–Kier alpha value is -2.33. The fourth-order valence-corrected chi connectivity index (χ4v) is 6.32. The van der Waals surface area contributed by atoms with Crippen LogP contribution in [0.5, 0.6) is 0 Å². The minimum atomic E-state index is -1.10. The summed E-state index contributed by atoms with van der Waals surface area (Å²) in [5, 5.41) is 23.1. The van der Waals surface area contributed by atoms with Crippen molar-refractivity contribution in [2.24, 2.45) is 18.4 Å². The highest BCUT2D eigenvalue weighted by Crippen LogP contribution is 2.58. The molecule has 1 fully saturated rings. The first kappa shape index (κ1) is 17.7. The molecule has 3 aromatic rings. The van der Waals surface area contributed by atoms with Gasteiger partial charge in [-0.2, -0.15) is 0 Å². The molecule has 2 N–H and O–H groups in total. The van der Waals surface area contributed by atoms with E-state index in [0.29, 0.717) is 6.42 Å². The topological polar surface area (TPSA) is 62.5 Å². The standard InChI is InChI=1S/C24H27NO3/c1-23-11-10-21(26)24(2,22(27)28)20(23)9-8-14-12-19-16(13-17(14)23)15-6-4-5-7-18(15)25(19)3/h4-7,12-13,20-21,26H,8-11H2,1-3H3,(H,27,28). The van der Waals surface area contributed by atoms with Crippen LogP contribution in [0.25, 0.3) is 21.8 Å². The number of hydrogen-bond acceptors (Lipinski definition) is 2. The monoisotopic (exact) mass is 377 g/mol. The van der Waals surface area contributed by atoms with Gasteiger partial charge in [0.05, 0.1) is 11.5 Å². The Morgan fingerprint density at radius 2 is 1.86 bits per heavy atom. The fraction of sp³-hybridized carbons (Fsp3) is 0.458. The van der Waals surface area contributed by atoms with Crippen LogP contribution in [0.1, 0.15) is 44.2 Å². The van der Waals surface area contributed by atoms with Crippen LogP contribution < -0.4 is 0 Å². The summed E-state index contributed by atoms with van der Waals surface area (Å²) in [6.07, 6.45) is 2.24. The molecule has 5 rings (SSSR count). The van der Waals surface area contributed by atoms with Gasteiger partial charge in [0.2, 0.25) is 0 Å². The van der Waals surface area contributed by atoms with Crippen LogP contribution in [0.2, 0.25) is 0 Å². The molecule has 0 aliphatic heterocycles. The number of carboxylic acids is 1. The number of aromatic nitrogens is 1. The van der Waals surface area contributed by atoms with Gasteiger partial charge in [0.1, 0.15) is 0 Å². The molecule has 2 aromatic carbocycles. The fourth-order valence-electron chi connectivity index (χ4n) is 6.32. The van der Waals surface area contributed by atoms with E-state index in [1.54, 1.807) is 6.92 Å². The van der Waals surface area contributed by atoms with Crippen molar-refractivity contribution in [3.05, 3.63) is 47.5 Å². The number of nitrogens with zero attached hydrogens (tertiary/aromatic N) is 1. The van der Waals surface area contributed by atoms with Crippen LogP contribution in [-0.2, 0) is 23.7 Å². The maximum atomic E-state index is 12.2. The van der Waals surface area contributed by atoms with E-state index in [1.807, 2.05) is 0 Å². The Bertz CT molecular complexity index is 1130. The summed E-state index contributed by atoms with van der Waals surface area (Å²) < 4.78 is 2.26. The van der Waals surface area contributed by atoms with Gasteiger partial charge in [-0.05, 0) is 73.3 Å². The van der Waals surface area contributed by atoms with Crippen LogP contribution in [0.15, 0.2) is 36.4 Å². The molecule has 146 valence electrons. The van der Waals surface area contributed by atoms with Gasteiger partial charge in [0.15, 0.2) is 0 Å². The van der Waals surface area contributed by atoms with E-state index in [9.17, 15) is 15.0 Å².